The van der Waals surface area contributed by atoms with Gasteiger partial charge in [0.25, 0.3) is 0 Å². The van der Waals surface area contributed by atoms with E-state index in [1.807, 2.05) is 6.26 Å². The van der Waals surface area contributed by atoms with Gasteiger partial charge in [0.15, 0.2) is 0 Å². The molecule has 0 unspecified atom stereocenters. The molecule has 0 radical (unpaired) electrons. The molecule has 1 aromatic carbocycles. The summed E-state index contributed by atoms with van der Waals surface area (Å²) in [6, 6.07) is 6.99. The van der Waals surface area contributed by atoms with Gasteiger partial charge in [-0.3, -0.25) is 0 Å². The fourth-order valence-electron chi connectivity index (χ4n) is 1.53. The second kappa shape index (κ2) is 7.84. The van der Waals surface area contributed by atoms with E-state index in [9.17, 15) is 8.42 Å². The maximum Gasteiger partial charge on any atom is 0.215 e. The average molecular weight is 318 g/mol. The van der Waals surface area contributed by atoms with E-state index in [4.69, 9.17) is 18.0 Å². The highest BCUT2D eigenvalue weighted by molar-refractivity contribution is 7.98. The van der Waals surface area contributed by atoms with Crippen LogP contribution >= 0.6 is 24.0 Å². The normalized spacial score (nSPS) is 11.4. The standard InChI is InChI=1S/C12H18N2O2S3/c1-18-7-3-6-14-19(15,16)9-10-4-2-5-11(8-10)12(13)17/h2,4-5,8,14H,3,6-7,9H2,1H3,(H2,13,17). The quantitative estimate of drug-likeness (QED) is 0.561. The Labute approximate surface area is 124 Å². The van der Waals surface area contributed by atoms with Gasteiger partial charge in [0.2, 0.25) is 10.0 Å². The average Bonchev–Trinajstić information content (AvgIpc) is 2.34. The van der Waals surface area contributed by atoms with Crippen LogP contribution in [0.2, 0.25) is 0 Å². The van der Waals surface area contributed by atoms with Crippen molar-refractivity contribution in [2.24, 2.45) is 5.73 Å². The van der Waals surface area contributed by atoms with Crippen LogP contribution in [0.1, 0.15) is 17.5 Å². The van der Waals surface area contributed by atoms with Gasteiger partial charge in [-0.15, -0.1) is 0 Å². The molecule has 19 heavy (non-hydrogen) atoms. The number of hydrogen-bond donors (Lipinski definition) is 2. The molecule has 0 amide bonds. The second-order valence-electron chi connectivity index (χ2n) is 4.06. The number of rotatable bonds is 8. The van der Waals surface area contributed by atoms with Crippen LogP contribution in [0.4, 0.5) is 0 Å². The summed E-state index contributed by atoms with van der Waals surface area (Å²) in [5.74, 6) is 0.891. The van der Waals surface area contributed by atoms with Gasteiger partial charge in [-0.1, -0.05) is 30.4 Å². The Bertz CT molecular complexity index is 530. The van der Waals surface area contributed by atoms with E-state index in [-0.39, 0.29) is 10.7 Å². The van der Waals surface area contributed by atoms with E-state index >= 15 is 0 Å². The van der Waals surface area contributed by atoms with Crippen LogP contribution in [0.25, 0.3) is 0 Å². The molecule has 106 valence electrons. The van der Waals surface area contributed by atoms with E-state index in [0.29, 0.717) is 17.7 Å². The largest absolute Gasteiger partial charge is 0.389 e. The van der Waals surface area contributed by atoms with Crippen molar-refractivity contribution in [3.05, 3.63) is 35.4 Å². The highest BCUT2D eigenvalue weighted by atomic mass is 32.2. The molecule has 0 saturated heterocycles. The molecule has 0 bridgehead atoms. The molecule has 1 aromatic rings. The molecule has 3 N–H and O–H groups in total. The zero-order chi connectivity index (χ0) is 14.3. The number of sulfonamides is 1. The van der Waals surface area contributed by atoms with Gasteiger partial charge < -0.3 is 5.73 Å². The maximum atomic E-state index is 11.9. The second-order valence-corrected chi connectivity index (χ2v) is 7.30. The lowest BCUT2D eigenvalue weighted by Crippen LogP contribution is -2.26. The van der Waals surface area contributed by atoms with E-state index in [0.717, 1.165) is 12.2 Å². The van der Waals surface area contributed by atoms with E-state index in [1.165, 1.54) is 0 Å². The molecule has 4 nitrogen and oxygen atoms in total. The molecular weight excluding hydrogens is 300 g/mol. The molecule has 0 aliphatic carbocycles. The lowest BCUT2D eigenvalue weighted by atomic mass is 10.1. The Morgan fingerprint density at radius 3 is 2.84 bits per heavy atom. The predicted octanol–water partition coefficient (Wildman–Crippen LogP) is 1.49. The fourth-order valence-corrected chi connectivity index (χ4v) is 3.26. The monoisotopic (exact) mass is 318 g/mol. The summed E-state index contributed by atoms with van der Waals surface area (Å²) in [7, 11) is -3.30. The number of thiocarbonyl (C=S) groups is 1. The topological polar surface area (TPSA) is 72.2 Å². The molecule has 0 fully saturated rings. The Kier molecular flexibility index (Phi) is 6.78. The first-order valence-electron chi connectivity index (χ1n) is 5.79. The lowest BCUT2D eigenvalue weighted by molar-refractivity contribution is 0.580. The van der Waals surface area contributed by atoms with Gasteiger partial charge in [-0.2, -0.15) is 11.8 Å². The van der Waals surface area contributed by atoms with Crippen molar-refractivity contribution >= 4 is 39.0 Å². The molecule has 0 aromatic heterocycles. The first-order valence-corrected chi connectivity index (χ1v) is 9.25. The van der Waals surface area contributed by atoms with Crippen LogP contribution < -0.4 is 10.5 Å². The van der Waals surface area contributed by atoms with E-state index < -0.39 is 10.0 Å². The van der Waals surface area contributed by atoms with Crippen molar-refractivity contribution < 1.29 is 8.42 Å². The van der Waals surface area contributed by atoms with Crippen molar-refractivity contribution in [3.8, 4) is 0 Å². The van der Waals surface area contributed by atoms with Crippen molar-refractivity contribution in [1.29, 1.82) is 0 Å². The first kappa shape index (κ1) is 16.4. The van der Waals surface area contributed by atoms with Gasteiger partial charge in [-0.25, -0.2) is 13.1 Å². The van der Waals surface area contributed by atoms with Crippen LogP contribution in [0.5, 0.6) is 0 Å². The summed E-state index contributed by atoms with van der Waals surface area (Å²) in [4.78, 5) is 0.271. The third kappa shape index (κ3) is 6.38. The van der Waals surface area contributed by atoms with Crippen molar-refractivity contribution in [3.63, 3.8) is 0 Å². The van der Waals surface area contributed by atoms with Crippen LogP contribution in [-0.4, -0.2) is 32.0 Å². The maximum absolute atomic E-state index is 11.9. The van der Waals surface area contributed by atoms with Gasteiger partial charge in [0.1, 0.15) is 4.99 Å². The summed E-state index contributed by atoms with van der Waals surface area (Å²) in [5.41, 5.74) is 6.89. The first-order chi connectivity index (χ1) is 8.94. The Morgan fingerprint density at radius 2 is 2.21 bits per heavy atom. The van der Waals surface area contributed by atoms with Crippen molar-refractivity contribution in [2.75, 3.05) is 18.6 Å². The zero-order valence-electron chi connectivity index (χ0n) is 10.8. The van der Waals surface area contributed by atoms with Crippen LogP contribution in [-0.2, 0) is 15.8 Å². The SMILES string of the molecule is CSCCCNS(=O)(=O)Cc1cccc(C(N)=S)c1. The number of nitrogens with one attached hydrogen (secondary N) is 1. The summed E-state index contributed by atoms with van der Waals surface area (Å²) in [5, 5.41) is 0. The summed E-state index contributed by atoms with van der Waals surface area (Å²) in [6.45, 7) is 0.470. The molecule has 0 aliphatic rings. The summed E-state index contributed by atoms with van der Waals surface area (Å²) in [6.07, 6.45) is 2.82. The Hall–Kier alpha value is -0.630. The summed E-state index contributed by atoms with van der Waals surface area (Å²) >= 11 is 6.57. The smallest absolute Gasteiger partial charge is 0.215 e. The highest BCUT2D eigenvalue weighted by Gasteiger charge is 2.11. The van der Waals surface area contributed by atoms with Crippen molar-refractivity contribution in [1.82, 2.24) is 4.72 Å². The van der Waals surface area contributed by atoms with Gasteiger partial charge in [-0.05, 0) is 30.1 Å². The predicted molar refractivity (Wildman–Crippen MR) is 86.0 cm³/mol. The Morgan fingerprint density at radius 1 is 1.47 bits per heavy atom. The molecule has 0 heterocycles. The van der Waals surface area contributed by atoms with Crippen molar-refractivity contribution in [2.45, 2.75) is 12.2 Å². The highest BCUT2D eigenvalue weighted by Crippen LogP contribution is 2.09. The molecule has 0 saturated carbocycles. The van der Waals surface area contributed by atoms with Crippen LogP contribution in [0.15, 0.2) is 24.3 Å². The minimum atomic E-state index is -3.30. The third-order valence-corrected chi connectivity index (χ3v) is 4.71. The van der Waals surface area contributed by atoms with Gasteiger partial charge in [0, 0.05) is 12.1 Å². The van der Waals surface area contributed by atoms with E-state index in [1.54, 1.807) is 36.0 Å². The van der Waals surface area contributed by atoms with Crippen LogP contribution in [0.3, 0.4) is 0 Å². The van der Waals surface area contributed by atoms with Gasteiger partial charge in [0.05, 0.1) is 5.75 Å². The lowest BCUT2D eigenvalue weighted by Gasteiger charge is -2.07. The van der Waals surface area contributed by atoms with E-state index in [2.05, 4.69) is 4.72 Å². The Balaban J connectivity index is 2.62. The molecule has 0 aliphatic heterocycles. The fraction of sp³-hybridized carbons (Fsp3) is 0.417. The number of hydrogen-bond acceptors (Lipinski definition) is 4. The summed E-state index contributed by atoms with van der Waals surface area (Å²) < 4.78 is 26.3. The van der Waals surface area contributed by atoms with Crippen LogP contribution in [0, 0.1) is 0 Å². The minimum Gasteiger partial charge on any atom is -0.389 e. The van der Waals surface area contributed by atoms with Gasteiger partial charge >= 0.3 is 0 Å². The molecule has 1 rings (SSSR count). The molecule has 7 heteroatoms. The number of thioether (sulfide) groups is 1. The molecular formula is C12H18N2O2S3. The zero-order valence-corrected chi connectivity index (χ0v) is 13.2. The molecule has 0 atom stereocenters. The third-order valence-electron chi connectivity index (χ3n) is 2.42. The molecule has 0 spiro atoms. The number of benzene rings is 1. The number of nitrogens with two attached hydrogens (primary N) is 1. The minimum absolute atomic E-state index is 0.0529.